The van der Waals surface area contributed by atoms with Crippen LogP contribution in [0.5, 0.6) is 0 Å². The van der Waals surface area contributed by atoms with Crippen LogP contribution >= 0.6 is 0 Å². The lowest BCUT2D eigenvalue weighted by Gasteiger charge is -2.52. The number of amides is 1. The first-order valence-corrected chi connectivity index (χ1v) is 10.5. The highest BCUT2D eigenvalue weighted by Gasteiger charge is 2.44. The van der Waals surface area contributed by atoms with Crippen molar-refractivity contribution < 1.29 is 9.90 Å². The normalized spacial score (nSPS) is 31.8. The molecule has 0 aromatic carbocycles. The van der Waals surface area contributed by atoms with Crippen LogP contribution in [0.25, 0.3) is 0 Å². The van der Waals surface area contributed by atoms with Crippen LogP contribution in [0.1, 0.15) is 38.5 Å². The molecule has 5 heterocycles. The molecule has 2 bridgehead atoms. The number of anilines is 2. The van der Waals surface area contributed by atoms with E-state index in [0.29, 0.717) is 23.8 Å². The number of aliphatic hydroxyl groups is 1. The Labute approximate surface area is 160 Å². The summed E-state index contributed by atoms with van der Waals surface area (Å²) >= 11 is 0. The largest absolute Gasteiger partial charge is 0.393 e. The van der Waals surface area contributed by atoms with Crippen LogP contribution in [0.15, 0.2) is 12.4 Å². The fraction of sp³-hybridized carbons (Fsp3) is 0.750. The Morgan fingerprint density at radius 2 is 1.78 bits per heavy atom. The molecule has 7 heteroatoms. The first-order valence-electron chi connectivity index (χ1n) is 10.5. The third-order valence-electron chi connectivity index (χ3n) is 6.93. The Morgan fingerprint density at radius 3 is 2.59 bits per heavy atom. The van der Waals surface area contributed by atoms with Crippen molar-refractivity contribution in [2.24, 2.45) is 11.8 Å². The predicted molar refractivity (Wildman–Crippen MR) is 103 cm³/mol. The van der Waals surface area contributed by atoms with Gasteiger partial charge in [-0.05, 0) is 43.9 Å². The second kappa shape index (κ2) is 6.93. The number of fused-ring (bicyclic) bond motifs is 4. The summed E-state index contributed by atoms with van der Waals surface area (Å²) in [5, 5.41) is 9.74. The molecular formula is C20H29N5O2. The molecule has 5 rings (SSSR count). The van der Waals surface area contributed by atoms with Crippen molar-refractivity contribution in [1.82, 2.24) is 14.9 Å². The SMILES string of the molecule is O=C1CCC[C@H]2C3CC(CN(c4cc(N5CCC(O)CC5)ncn4)C3)CN12. The van der Waals surface area contributed by atoms with Crippen LogP contribution < -0.4 is 9.80 Å². The molecule has 1 aromatic heterocycles. The van der Waals surface area contributed by atoms with Gasteiger partial charge in [0.05, 0.1) is 6.10 Å². The minimum atomic E-state index is -0.176. The summed E-state index contributed by atoms with van der Waals surface area (Å²) in [4.78, 5) is 28.2. The molecule has 7 nitrogen and oxygen atoms in total. The summed E-state index contributed by atoms with van der Waals surface area (Å²) in [6.45, 7) is 4.57. The number of rotatable bonds is 2. The van der Waals surface area contributed by atoms with E-state index >= 15 is 0 Å². The molecule has 0 spiro atoms. The van der Waals surface area contributed by atoms with E-state index in [0.717, 1.165) is 76.5 Å². The smallest absolute Gasteiger partial charge is 0.222 e. The summed E-state index contributed by atoms with van der Waals surface area (Å²) in [5.74, 6) is 3.45. The average Bonchev–Trinajstić information content (AvgIpc) is 2.69. The quantitative estimate of drug-likeness (QED) is 0.844. The topological polar surface area (TPSA) is 72.8 Å². The van der Waals surface area contributed by atoms with Crippen LogP contribution in [0, 0.1) is 11.8 Å². The maximum absolute atomic E-state index is 12.3. The zero-order valence-electron chi connectivity index (χ0n) is 15.8. The molecule has 4 fully saturated rings. The first kappa shape index (κ1) is 17.2. The Hall–Kier alpha value is -1.89. The van der Waals surface area contributed by atoms with Crippen molar-refractivity contribution in [3.8, 4) is 0 Å². The fourth-order valence-electron chi connectivity index (χ4n) is 5.57. The van der Waals surface area contributed by atoms with E-state index in [4.69, 9.17) is 0 Å². The molecule has 2 unspecified atom stereocenters. The van der Waals surface area contributed by atoms with Crippen molar-refractivity contribution in [3.05, 3.63) is 12.4 Å². The number of hydrogen-bond donors (Lipinski definition) is 1. The molecule has 1 amide bonds. The van der Waals surface area contributed by atoms with Crippen LogP contribution in [0.3, 0.4) is 0 Å². The molecule has 27 heavy (non-hydrogen) atoms. The van der Waals surface area contributed by atoms with E-state index in [9.17, 15) is 9.90 Å². The highest BCUT2D eigenvalue weighted by molar-refractivity contribution is 5.77. The van der Waals surface area contributed by atoms with Crippen molar-refractivity contribution in [2.75, 3.05) is 42.5 Å². The lowest BCUT2D eigenvalue weighted by atomic mass is 9.76. The van der Waals surface area contributed by atoms with Crippen LogP contribution in [0.2, 0.25) is 0 Å². The maximum Gasteiger partial charge on any atom is 0.222 e. The monoisotopic (exact) mass is 371 g/mol. The van der Waals surface area contributed by atoms with E-state index in [-0.39, 0.29) is 6.10 Å². The highest BCUT2D eigenvalue weighted by atomic mass is 16.3. The molecular weight excluding hydrogens is 342 g/mol. The van der Waals surface area contributed by atoms with Gasteiger partial charge in [-0.1, -0.05) is 0 Å². The fourth-order valence-corrected chi connectivity index (χ4v) is 5.57. The first-order chi connectivity index (χ1) is 13.2. The Morgan fingerprint density at radius 1 is 1.00 bits per heavy atom. The van der Waals surface area contributed by atoms with Gasteiger partial charge in [0.2, 0.25) is 5.91 Å². The van der Waals surface area contributed by atoms with E-state index < -0.39 is 0 Å². The molecule has 4 aliphatic rings. The minimum absolute atomic E-state index is 0.176. The number of carbonyl (C=O) groups is 1. The number of aromatic nitrogens is 2. The van der Waals surface area contributed by atoms with Gasteiger partial charge in [0.25, 0.3) is 0 Å². The molecule has 0 radical (unpaired) electrons. The van der Waals surface area contributed by atoms with Gasteiger partial charge in [0, 0.05) is 51.3 Å². The van der Waals surface area contributed by atoms with Gasteiger partial charge in [0.1, 0.15) is 18.0 Å². The van der Waals surface area contributed by atoms with Crippen molar-refractivity contribution in [3.63, 3.8) is 0 Å². The van der Waals surface area contributed by atoms with Gasteiger partial charge in [-0.25, -0.2) is 9.97 Å². The minimum Gasteiger partial charge on any atom is -0.393 e. The molecule has 3 atom stereocenters. The zero-order valence-corrected chi connectivity index (χ0v) is 15.8. The van der Waals surface area contributed by atoms with Crippen LogP contribution in [-0.4, -0.2) is 70.8 Å². The van der Waals surface area contributed by atoms with Gasteiger partial charge in [0.15, 0.2) is 0 Å². The van der Waals surface area contributed by atoms with E-state index in [1.165, 1.54) is 6.42 Å². The van der Waals surface area contributed by atoms with Gasteiger partial charge in [-0.2, -0.15) is 0 Å². The molecule has 1 N–H and O–H groups in total. The van der Waals surface area contributed by atoms with E-state index in [1.807, 2.05) is 0 Å². The molecule has 0 saturated carbocycles. The average molecular weight is 371 g/mol. The van der Waals surface area contributed by atoms with Gasteiger partial charge >= 0.3 is 0 Å². The van der Waals surface area contributed by atoms with Gasteiger partial charge < -0.3 is 19.8 Å². The van der Waals surface area contributed by atoms with Crippen LogP contribution in [0.4, 0.5) is 11.6 Å². The second-order valence-corrected chi connectivity index (χ2v) is 8.73. The number of carbonyl (C=O) groups excluding carboxylic acids is 1. The van der Waals surface area contributed by atoms with Crippen molar-refractivity contribution >= 4 is 17.5 Å². The summed E-state index contributed by atoms with van der Waals surface area (Å²) in [7, 11) is 0. The Balaban J connectivity index is 1.33. The zero-order chi connectivity index (χ0) is 18.4. The lowest BCUT2D eigenvalue weighted by Crippen LogP contribution is -2.60. The summed E-state index contributed by atoms with van der Waals surface area (Å²) in [6.07, 6.45) is 7.28. The number of hydrogen-bond acceptors (Lipinski definition) is 6. The maximum atomic E-state index is 12.3. The van der Waals surface area contributed by atoms with E-state index in [1.54, 1.807) is 6.33 Å². The summed E-state index contributed by atoms with van der Waals surface area (Å²) in [5.41, 5.74) is 0. The van der Waals surface area contributed by atoms with Gasteiger partial charge in [-0.15, -0.1) is 0 Å². The van der Waals surface area contributed by atoms with E-state index in [2.05, 4.69) is 30.7 Å². The molecule has 1 aromatic rings. The van der Waals surface area contributed by atoms with Crippen molar-refractivity contribution in [1.29, 1.82) is 0 Å². The summed E-state index contributed by atoms with van der Waals surface area (Å²) < 4.78 is 0. The standard InChI is InChI=1S/C20H29N5O2/c26-16-4-6-23(7-5-16)18-9-19(22-13-21-18)24-10-14-8-15(12-24)17-2-1-3-20(27)25(17)11-14/h9,13-17,26H,1-8,10-12H2/t14?,15?,17-/m0/s1. The Kier molecular flexibility index (Phi) is 4.42. The molecule has 4 saturated heterocycles. The predicted octanol–water partition coefficient (Wildman–Crippen LogP) is 1.27. The Bertz CT molecular complexity index is 705. The number of aliphatic hydroxyl groups excluding tert-OH is 1. The molecule has 146 valence electrons. The number of nitrogens with zero attached hydrogens (tertiary/aromatic N) is 5. The third kappa shape index (κ3) is 3.26. The van der Waals surface area contributed by atoms with Crippen molar-refractivity contribution in [2.45, 2.75) is 50.7 Å². The third-order valence-corrected chi connectivity index (χ3v) is 6.93. The molecule has 4 aliphatic heterocycles. The number of piperidine rings is 4. The highest BCUT2D eigenvalue weighted by Crippen LogP contribution is 2.39. The van der Waals surface area contributed by atoms with Crippen LogP contribution in [-0.2, 0) is 4.79 Å². The second-order valence-electron chi connectivity index (χ2n) is 8.73. The molecule has 0 aliphatic carbocycles. The van der Waals surface area contributed by atoms with Gasteiger partial charge in [-0.3, -0.25) is 4.79 Å². The summed E-state index contributed by atoms with van der Waals surface area (Å²) in [6, 6.07) is 2.54. The lowest BCUT2D eigenvalue weighted by molar-refractivity contribution is -0.142.